The third-order valence-corrected chi connectivity index (χ3v) is 14.3. The number of unbranched alkanes of at least 4 members (excludes halogenated alkanes) is 40. The topological polar surface area (TPSA) is 78.9 Å². The summed E-state index contributed by atoms with van der Waals surface area (Å²) >= 11 is 0. The van der Waals surface area contributed by atoms with Crippen LogP contribution in [0.4, 0.5) is 0 Å². The number of ether oxygens (including phenoxy) is 3. The Kier molecular flexibility index (Phi) is 59.7. The van der Waals surface area contributed by atoms with Gasteiger partial charge in [0.25, 0.3) is 0 Å². The fourth-order valence-corrected chi connectivity index (χ4v) is 9.50. The lowest BCUT2D eigenvalue weighted by Crippen LogP contribution is -2.30. The van der Waals surface area contributed by atoms with Crippen LogP contribution in [0, 0.1) is 0 Å². The number of esters is 3. The number of carbonyl (C=O) groups is 3. The lowest BCUT2D eigenvalue weighted by molar-refractivity contribution is -0.167. The molecule has 0 saturated heterocycles. The summed E-state index contributed by atoms with van der Waals surface area (Å²) in [5, 5.41) is 0. The molecule has 0 radical (unpaired) electrons. The van der Waals surface area contributed by atoms with E-state index in [1.165, 1.54) is 231 Å². The van der Waals surface area contributed by atoms with Crippen molar-refractivity contribution in [1.29, 1.82) is 0 Å². The maximum atomic E-state index is 12.9. The van der Waals surface area contributed by atoms with E-state index in [-0.39, 0.29) is 37.5 Å². The molecule has 0 aromatic rings. The summed E-state index contributed by atoms with van der Waals surface area (Å²) in [7, 11) is 0. The molecule has 0 aliphatic rings. The zero-order valence-corrected chi connectivity index (χ0v) is 48.9. The molecule has 0 aromatic carbocycles. The quantitative estimate of drug-likeness (QED) is 0.0261. The molecule has 426 valence electrons. The molecule has 6 nitrogen and oxygen atoms in total. The van der Waals surface area contributed by atoms with Gasteiger partial charge in [0.15, 0.2) is 6.10 Å². The average molecular weight is 1020 g/mol. The van der Waals surface area contributed by atoms with Crippen molar-refractivity contribution in [2.24, 2.45) is 0 Å². The largest absolute Gasteiger partial charge is 0.462 e. The Labute approximate surface area is 454 Å². The zero-order chi connectivity index (χ0) is 52.9. The summed E-state index contributed by atoms with van der Waals surface area (Å²) in [4.78, 5) is 38.3. The molecule has 0 bridgehead atoms. The molecule has 0 saturated carbocycles. The summed E-state index contributed by atoms with van der Waals surface area (Å²) < 4.78 is 16.9. The van der Waals surface area contributed by atoms with Crippen LogP contribution in [-0.2, 0) is 28.6 Å². The van der Waals surface area contributed by atoms with Crippen LogP contribution in [0.15, 0.2) is 48.6 Å². The third-order valence-electron chi connectivity index (χ3n) is 14.3. The Morgan fingerprint density at radius 2 is 0.507 bits per heavy atom. The second-order valence-corrected chi connectivity index (χ2v) is 21.7. The van der Waals surface area contributed by atoms with Crippen molar-refractivity contribution in [2.45, 2.75) is 348 Å². The van der Waals surface area contributed by atoms with Crippen molar-refractivity contribution >= 4 is 17.9 Å². The van der Waals surface area contributed by atoms with Crippen molar-refractivity contribution in [3.63, 3.8) is 0 Å². The fourth-order valence-electron chi connectivity index (χ4n) is 9.50. The van der Waals surface area contributed by atoms with E-state index in [0.29, 0.717) is 19.3 Å². The molecule has 6 heteroatoms. The van der Waals surface area contributed by atoms with Gasteiger partial charge in [-0.05, 0) is 57.8 Å². The van der Waals surface area contributed by atoms with E-state index in [0.717, 1.165) is 64.2 Å². The third kappa shape index (κ3) is 60.1. The van der Waals surface area contributed by atoms with Crippen LogP contribution in [0.5, 0.6) is 0 Å². The minimum absolute atomic E-state index is 0.0850. The summed E-state index contributed by atoms with van der Waals surface area (Å²) in [5.74, 6) is -0.920. The van der Waals surface area contributed by atoms with Gasteiger partial charge in [0.1, 0.15) is 13.2 Å². The molecule has 0 heterocycles. The molecular weight excluding hydrogens is 901 g/mol. The average Bonchev–Trinajstić information content (AvgIpc) is 3.39. The van der Waals surface area contributed by atoms with E-state index in [1.807, 2.05) is 0 Å². The minimum atomic E-state index is -0.792. The fraction of sp³-hybridized carbons (Fsp3) is 0.836. The maximum Gasteiger partial charge on any atom is 0.306 e. The van der Waals surface area contributed by atoms with Gasteiger partial charge in [-0.1, -0.05) is 313 Å². The molecule has 0 amide bonds. The van der Waals surface area contributed by atoms with Crippen LogP contribution in [0.3, 0.4) is 0 Å². The van der Waals surface area contributed by atoms with Crippen molar-refractivity contribution in [3.8, 4) is 0 Å². The van der Waals surface area contributed by atoms with Crippen LogP contribution in [0.2, 0.25) is 0 Å². The predicted molar refractivity (Wildman–Crippen MR) is 316 cm³/mol. The van der Waals surface area contributed by atoms with Crippen molar-refractivity contribution in [2.75, 3.05) is 13.2 Å². The lowest BCUT2D eigenvalue weighted by Gasteiger charge is -2.18. The molecule has 0 aliphatic heterocycles. The van der Waals surface area contributed by atoms with E-state index in [4.69, 9.17) is 14.2 Å². The normalized spacial score (nSPS) is 12.3. The van der Waals surface area contributed by atoms with E-state index in [2.05, 4.69) is 69.4 Å². The number of hydrogen-bond donors (Lipinski definition) is 0. The predicted octanol–water partition coefficient (Wildman–Crippen LogP) is 21.8. The van der Waals surface area contributed by atoms with Gasteiger partial charge in [-0.3, -0.25) is 14.4 Å². The number of hydrogen-bond acceptors (Lipinski definition) is 6. The second-order valence-electron chi connectivity index (χ2n) is 21.7. The minimum Gasteiger partial charge on any atom is -0.462 e. The SMILES string of the molecule is CCCCC/C=C\C/C=C\C/C=C\C/C=C\CCCC(=O)OC[C@H](COC(=O)CCCCCCCCCCCCCCCCCCC)OC(=O)CCCCCCCCCCCCCCCCCCCCCCC. The van der Waals surface area contributed by atoms with Crippen molar-refractivity contribution < 1.29 is 28.6 Å². The Bertz CT molecular complexity index is 1270. The van der Waals surface area contributed by atoms with Crippen molar-refractivity contribution in [3.05, 3.63) is 48.6 Å². The summed E-state index contributed by atoms with van der Waals surface area (Å²) in [6.45, 7) is 6.63. The lowest BCUT2D eigenvalue weighted by atomic mass is 10.0. The van der Waals surface area contributed by atoms with E-state index >= 15 is 0 Å². The number of carbonyl (C=O) groups excluding carboxylic acids is 3. The Morgan fingerprint density at radius 1 is 0.274 bits per heavy atom. The zero-order valence-electron chi connectivity index (χ0n) is 48.9. The summed E-state index contributed by atoms with van der Waals surface area (Å²) in [6.07, 6.45) is 76.9. The van der Waals surface area contributed by atoms with Crippen LogP contribution in [0.1, 0.15) is 342 Å². The van der Waals surface area contributed by atoms with Gasteiger partial charge >= 0.3 is 17.9 Å². The van der Waals surface area contributed by atoms with Gasteiger partial charge in [-0.15, -0.1) is 0 Å². The Hall–Kier alpha value is -2.63. The first-order chi connectivity index (χ1) is 36.0. The summed E-state index contributed by atoms with van der Waals surface area (Å²) in [5.41, 5.74) is 0. The van der Waals surface area contributed by atoms with Crippen LogP contribution in [-0.4, -0.2) is 37.2 Å². The molecule has 0 fully saturated rings. The van der Waals surface area contributed by atoms with Crippen LogP contribution >= 0.6 is 0 Å². The number of allylic oxidation sites excluding steroid dienone is 8. The molecular formula is C67H122O6. The number of rotatable bonds is 59. The first-order valence-electron chi connectivity index (χ1n) is 32.1. The van der Waals surface area contributed by atoms with Crippen LogP contribution < -0.4 is 0 Å². The molecule has 0 unspecified atom stereocenters. The van der Waals surface area contributed by atoms with Gasteiger partial charge in [0, 0.05) is 19.3 Å². The molecule has 0 rings (SSSR count). The van der Waals surface area contributed by atoms with Gasteiger partial charge < -0.3 is 14.2 Å². The highest BCUT2D eigenvalue weighted by Crippen LogP contribution is 2.18. The highest BCUT2D eigenvalue weighted by Gasteiger charge is 2.19. The Morgan fingerprint density at radius 3 is 0.822 bits per heavy atom. The Balaban J connectivity index is 4.38. The first-order valence-corrected chi connectivity index (χ1v) is 32.1. The van der Waals surface area contributed by atoms with E-state index < -0.39 is 6.10 Å². The summed E-state index contributed by atoms with van der Waals surface area (Å²) in [6, 6.07) is 0. The molecule has 0 aromatic heterocycles. The van der Waals surface area contributed by atoms with E-state index in [9.17, 15) is 14.4 Å². The molecule has 73 heavy (non-hydrogen) atoms. The van der Waals surface area contributed by atoms with E-state index in [1.54, 1.807) is 0 Å². The molecule has 0 spiro atoms. The standard InChI is InChI=1S/C67H122O6/c1-4-7-10-13-16-19-22-25-28-31-32-33-34-37-40-43-46-49-52-55-58-61-67(70)73-64(62-71-65(68)59-56-53-50-47-44-41-38-35-29-26-23-20-17-14-11-8-5-2)63-72-66(69)60-57-54-51-48-45-42-39-36-30-27-24-21-18-15-12-9-6-3/h17,20,26,29,38,41,47,50,64H,4-16,18-19,21-25,27-28,30-37,39-40,42-46,48-49,51-63H2,1-3H3/b20-17-,29-26-,41-38-,50-47-/t64-/m1/s1. The van der Waals surface area contributed by atoms with Gasteiger partial charge in [0.2, 0.25) is 0 Å². The van der Waals surface area contributed by atoms with Gasteiger partial charge in [-0.2, -0.15) is 0 Å². The highest BCUT2D eigenvalue weighted by molar-refractivity contribution is 5.71. The second kappa shape index (κ2) is 61.9. The molecule has 0 aliphatic carbocycles. The molecule has 0 N–H and O–H groups in total. The molecule has 1 atom stereocenters. The first kappa shape index (κ1) is 70.4. The van der Waals surface area contributed by atoms with Gasteiger partial charge in [0.05, 0.1) is 0 Å². The van der Waals surface area contributed by atoms with Crippen molar-refractivity contribution in [1.82, 2.24) is 0 Å². The monoisotopic (exact) mass is 1020 g/mol. The highest BCUT2D eigenvalue weighted by atomic mass is 16.6. The van der Waals surface area contributed by atoms with Crippen LogP contribution in [0.25, 0.3) is 0 Å². The maximum absolute atomic E-state index is 12.9. The van der Waals surface area contributed by atoms with Gasteiger partial charge in [-0.25, -0.2) is 0 Å². The smallest absolute Gasteiger partial charge is 0.306 e.